The summed E-state index contributed by atoms with van der Waals surface area (Å²) >= 11 is 0. The zero-order chi connectivity index (χ0) is 13.1. The number of carbonyl (C=O) groups excluding carboxylic acids is 1. The number of piperidine rings is 1. The minimum Gasteiger partial charge on any atom is -0.342 e. The standard InChI is InChI=1S/C13H27N3O/c1-10(9-14)15-11-5-7-16(8-6-11)12(17)13(2,3)4/h10-11,15H,5-9,14H2,1-4H3. The van der Waals surface area contributed by atoms with E-state index >= 15 is 0 Å². The number of carbonyl (C=O) groups is 1. The lowest BCUT2D eigenvalue weighted by Gasteiger charge is -2.36. The molecule has 0 saturated carbocycles. The monoisotopic (exact) mass is 241 g/mol. The van der Waals surface area contributed by atoms with E-state index in [0.29, 0.717) is 18.6 Å². The number of hydrogen-bond acceptors (Lipinski definition) is 3. The fraction of sp³-hybridized carbons (Fsp3) is 0.923. The van der Waals surface area contributed by atoms with Crippen LogP contribution in [0, 0.1) is 5.41 Å². The van der Waals surface area contributed by atoms with E-state index in [9.17, 15) is 4.79 Å². The molecule has 3 N–H and O–H groups in total. The summed E-state index contributed by atoms with van der Waals surface area (Å²) in [6.45, 7) is 10.5. The Labute approximate surface area is 105 Å². The molecule has 1 amide bonds. The van der Waals surface area contributed by atoms with Gasteiger partial charge in [-0.25, -0.2) is 0 Å². The van der Waals surface area contributed by atoms with Crippen LogP contribution in [0.25, 0.3) is 0 Å². The molecule has 0 aromatic carbocycles. The number of nitrogens with zero attached hydrogens (tertiary/aromatic N) is 1. The van der Waals surface area contributed by atoms with Crippen molar-refractivity contribution in [3.63, 3.8) is 0 Å². The zero-order valence-corrected chi connectivity index (χ0v) is 11.6. The normalized spacial score (nSPS) is 20.4. The molecule has 100 valence electrons. The van der Waals surface area contributed by atoms with Crippen molar-refractivity contribution in [2.75, 3.05) is 19.6 Å². The van der Waals surface area contributed by atoms with Crippen molar-refractivity contribution in [2.45, 2.75) is 52.6 Å². The fourth-order valence-corrected chi connectivity index (χ4v) is 2.19. The van der Waals surface area contributed by atoms with Crippen molar-refractivity contribution in [3.05, 3.63) is 0 Å². The Morgan fingerprint density at radius 3 is 2.35 bits per heavy atom. The average molecular weight is 241 g/mol. The van der Waals surface area contributed by atoms with Gasteiger partial charge >= 0.3 is 0 Å². The highest BCUT2D eigenvalue weighted by Crippen LogP contribution is 2.21. The summed E-state index contributed by atoms with van der Waals surface area (Å²) in [7, 11) is 0. The summed E-state index contributed by atoms with van der Waals surface area (Å²) in [5, 5.41) is 3.50. The molecular formula is C13H27N3O. The Morgan fingerprint density at radius 1 is 1.41 bits per heavy atom. The quantitative estimate of drug-likeness (QED) is 0.774. The lowest BCUT2D eigenvalue weighted by atomic mass is 9.93. The number of amides is 1. The summed E-state index contributed by atoms with van der Waals surface area (Å²) in [4.78, 5) is 14.1. The number of nitrogens with two attached hydrogens (primary N) is 1. The molecule has 0 radical (unpaired) electrons. The fourth-order valence-electron chi connectivity index (χ4n) is 2.19. The molecule has 0 bridgehead atoms. The Morgan fingerprint density at radius 2 is 1.94 bits per heavy atom. The van der Waals surface area contributed by atoms with Gasteiger partial charge in [-0.15, -0.1) is 0 Å². The molecule has 1 unspecified atom stereocenters. The van der Waals surface area contributed by atoms with Gasteiger partial charge in [0.15, 0.2) is 0 Å². The molecule has 0 aliphatic carbocycles. The zero-order valence-electron chi connectivity index (χ0n) is 11.6. The second-order valence-electron chi connectivity index (χ2n) is 6.12. The SMILES string of the molecule is CC(CN)NC1CCN(C(=O)C(C)(C)C)CC1. The van der Waals surface area contributed by atoms with Gasteiger partial charge in [-0.05, 0) is 19.8 Å². The van der Waals surface area contributed by atoms with E-state index in [4.69, 9.17) is 5.73 Å². The topological polar surface area (TPSA) is 58.4 Å². The second-order valence-corrected chi connectivity index (χ2v) is 6.12. The van der Waals surface area contributed by atoms with Gasteiger partial charge in [0.25, 0.3) is 0 Å². The first-order valence-corrected chi connectivity index (χ1v) is 6.60. The molecule has 1 rings (SSSR count). The Kier molecular flexibility index (Phi) is 4.95. The van der Waals surface area contributed by atoms with Crippen molar-refractivity contribution in [3.8, 4) is 0 Å². The minimum absolute atomic E-state index is 0.259. The van der Waals surface area contributed by atoms with Gasteiger partial charge in [0.05, 0.1) is 0 Å². The van der Waals surface area contributed by atoms with Crippen molar-refractivity contribution >= 4 is 5.91 Å². The molecule has 1 atom stereocenters. The van der Waals surface area contributed by atoms with Crippen molar-refractivity contribution in [1.29, 1.82) is 0 Å². The summed E-state index contributed by atoms with van der Waals surface area (Å²) < 4.78 is 0. The molecule has 4 nitrogen and oxygen atoms in total. The molecule has 1 aliphatic heterocycles. The van der Waals surface area contributed by atoms with Crippen LogP contribution in [-0.2, 0) is 4.79 Å². The molecule has 17 heavy (non-hydrogen) atoms. The first-order valence-electron chi connectivity index (χ1n) is 6.60. The Balaban J connectivity index is 2.38. The maximum atomic E-state index is 12.1. The van der Waals surface area contributed by atoms with Crippen LogP contribution in [0.1, 0.15) is 40.5 Å². The highest BCUT2D eigenvalue weighted by Gasteiger charge is 2.30. The van der Waals surface area contributed by atoms with Gasteiger partial charge in [-0.3, -0.25) is 4.79 Å². The third kappa shape index (κ3) is 4.28. The first-order chi connectivity index (χ1) is 7.84. The number of nitrogens with one attached hydrogen (secondary N) is 1. The van der Waals surface area contributed by atoms with E-state index in [-0.39, 0.29) is 11.3 Å². The summed E-state index contributed by atoms with van der Waals surface area (Å²) in [5.41, 5.74) is 5.34. The van der Waals surface area contributed by atoms with Gasteiger partial charge in [0.2, 0.25) is 5.91 Å². The van der Waals surface area contributed by atoms with Gasteiger partial charge < -0.3 is 16.0 Å². The maximum Gasteiger partial charge on any atom is 0.227 e. The smallest absolute Gasteiger partial charge is 0.227 e. The number of hydrogen-bond donors (Lipinski definition) is 2. The number of rotatable bonds is 3. The van der Waals surface area contributed by atoms with Crippen LogP contribution in [0.2, 0.25) is 0 Å². The van der Waals surface area contributed by atoms with Crippen LogP contribution in [0.5, 0.6) is 0 Å². The van der Waals surface area contributed by atoms with Crippen molar-refractivity contribution < 1.29 is 4.79 Å². The Hall–Kier alpha value is -0.610. The number of likely N-dealkylation sites (tertiary alicyclic amines) is 1. The molecule has 0 aromatic rings. The highest BCUT2D eigenvalue weighted by atomic mass is 16.2. The molecule has 0 aromatic heterocycles. The van der Waals surface area contributed by atoms with Crippen molar-refractivity contribution in [1.82, 2.24) is 10.2 Å². The third-order valence-corrected chi connectivity index (χ3v) is 3.30. The summed E-state index contributed by atoms with van der Waals surface area (Å²) in [6.07, 6.45) is 2.07. The second kappa shape index (κ2) is 5.83. The van der Waals surface area contributed by atoms with E-state index in [1.807, 2.05) is 25.7 Å². The van der Waals surface area contributed by atoms with Gasteiger partial charge in [0.1, 0.15) is 0 Å². The first kappa shape index (κ1) is 14.5. The van der Waals surface area contributed by atoms with Crippen LogP contribution in [-0.4, -0.2) is 42.5 Å². The van der Waals surface area contributed by atoms with Crippen LogP contribution in [0.3, 0.4) is 0 Å². The van der Waals surface area contributed by atoms with E-state index in [1.54, 1.807) is 0 Å². The van der Waals surface area contributed by atoms with E-state index in [0.717, 1.165) is 25.9 Å². The molecule has 1 fully saturated rings. The molecule has 4 heteroatoms. The summed E-state index contributed by atoms with van der Waals surface area (Å²) in [6, 6.07) is 0.877. The molecule has 1 saturated heterocycles. The van der Waals surface area contributed by atoms with Gasteiger partial charge in [0, 0.05) is 37.1 Å². The van der Waals surface area contributed by atoms with Crippen LogP contribution >= 0.6 is 0 Å². The third-order valence-electron chi connectivity index (χ3n) is 3.30. The minimum atomic E-state index is -0.259. The lowest BCUT2D eigenvalue weighted by Crippen LogP contribution is -2.50. The predicted octanol–water partition coefficient (Wildman–Crippen LogP) is 0.960. The summed E-state index contributed by atoms with van der Waals surface area (Å²) in [5.74, 6) is 0.267. The van der Waals surface area contributed by atoms with Crippen molar-refractivity contribution in [2.24, 2.45) is 11.1 Å². The van der Waals surface area contributed by atoms with E-state index in [1.165, 1.54) is 0 Å². The van der Waals surface area contributed by atoms with Crippen LogP contribution < -0.4 is 11.1 Å². The molecule has 1 aliphatic rings. The van der Waals surface area contributed by atoms with Crippen LogP contribution in [0.4, 0.5) is 0 Å². The van der Waals surface area contributed by atoms with E-state index in [2.05, 4.69) is 12.2 Å². The largest absolute Gasteiger partial charge is 0.342 e. The lowest BCUT2D eigenvalue weighted by molar-refractivity contribution is -0.140. The molecule has 1 heterocycles. The molecule has 0 spiro atoms. The molecular weight excluding hydrogens is 214 g/mol. The van der Waals surface area contributed by atoms with Gasteiger partial charge in [-0.2, -0.15) is 0 Å². The van der Waals surface area contributed by atoms with E-state index < -0.39 is 0 Å². The average Bonchev–Trinajstić information content (AvgIpc) is 2.27. The Bertz CT molecular complexity index is 252. The predicted molar refractivity (Wildman–Crippen MR) is 70.7 cm³/mol. The van der Waals surface area contributed by atoms with Crippen LogP contribution in [0.15, 0.2) is 0 Å². The highest BCUT2D eigenvalue weighted by molar-refractivity contribution is 5.81. The van der Waals surface area contributed by atoms with Gasteiger partial charge in [-0.1, -0.05) is 20.8 Å². The maximum absolute atomic E-state index is 12.1.